The third kappa shape index (κ3) is 3.72. The predicted octanol–water partition coefficient (Wildman–Crippen LogP) is 5.49. The number of benzene rings is 1. The third-order valence-corrected chi connectivity index (χ3v) is 4.09. The van der Waals surface area contributed by atoms with Gasteiger partial charge < -0.3 is 4.42 Å². The highest BCUT2D eigenvalue weighted by atomic mass is 35.5. The Morgan fingerprint density at radius 1 is 1.08 bits per heavy atom. The van der Waals surface area contributed by atoms with E-state index in [0.29, 0.717) is 21.6 Å². The average molecular weight is 358 g/mol. The van der Waals surface area contributed by atoms with E-state index in [1.807, 2.05) is 43.3 Å². The summed E-state index contributed by atoms with van der Waals surface area (Å²) in [7, 11) is 0. The maximum atomic E-state index is 6.20. The van der Waals surface area contributed by atoms with Crippen molar-refractivity contribution in [1.29, 1.82) is 0 Å². The molecule has 3 aromatic rings. The Kier molecular flexibility index (Phi) is 5.08. The summed E-state index contributed by atoms with van der Waals surface area (Å²) in [6.45, 7) is 1.85. The highest BCUT2D eigenvalue weighted by Gasteiger charge is 2.10. The van der Waals surface area contributed by atoms with Crippen LogP contribution in [0.15, 0.2) is 69.3 Å². The van der Waals surface area contributed by atoms with E-state index in [0.717, 1.165) is 17.0 Å². The Bertz CT molecular complexity index is 902. The summed E-state index contributed by atoms with van der Waals surface area (Å²) in [5, 5.41) is 9.10. The summed E-state index contributed by atoms with van der Waals surface area (Å²) in [5.74, 6) is 1.19. The Balaban J connectivity index is 1.78. The van der Waals surface area contributed by atoms with E-state index in [9.17, 15) is 0 Å². The zero-order valence-corrected chi connectivity index (χ0v) is 14.3. The van der Waals surface area contributed by atoms with Crippen LogP contribution in [0.25, 0.3) is 11.3 Å². The van der Waals surface area contributed by atoms with Crippen molar-refractivity contribution in [2.75, 3.05) is 0 Å². The molecule has 0 fully saturated rings. The number of furan rings is 1. The summed E-state index contributed by atoms with van der Waals surface area (Å²) in [6, 6.07) is 14.6. The van der Waals surface area contributed by atoms with Crippen LogP contribution in [0.3, 0.4) is 0 Å². The van der Waals surface area contributed by atoms with Gasteiger partial charge in [0.1, 0.15) is 11.5 Å². The second kappa shape index (κ2) is 7.43. The van der Waals surface area contributed by atoms with Crippen molar-refractivity contribution >= 4 is 35.1 Å². The number of hydrogen-bond acceptors (Lipinski definition) is 4. The van der Waals surface area contributed by atoms with Gasteiger partial charge in [0.2, 0.25) is 0 Å². The normalized spacial score (nSPS) is 12.0. The number of halogens is 2. The van der Waals surface area contributed by atoms with Crippen LogP contribution in [0, 0.1) is 0 Å². The van der Waals surface area contributed by atoms with Gasteiger partial charge >= 0.3 is 0 Å². The van der Waals surface area contributed by atoms with Gasteiger partial charge in [-0.15, -0.1) is 0 Å². The zero-order chi connectivity index (χ0) is 16.9. The van der Waals surface area contributed by atoms with Crippen LogP contribution in [-0.4, -0.2) is 16.9 Å². The van der Waals surface area contributed by atoms with Gasteiger partial charge in [0.05, 0.1) is 27.7 Å². The number of aromatic nitrogens is 1. The van der Waals surface area contributed by atoms with Crippen molar-refractivity contribution in [3.63, 3.8) is 0 Å². The van der Waals surface area contributed by atoms with Crippen LogP contribution in [0.4, 0.5) is 0 Å². The van der Waals surface area contributed by atoms with E-state index in [-0.39, 0.29) is 0 Å². The standard InChI is InChI=1S/C18H13Cl2N3O/c1-12(16-7-2-3-10-21-16)23-22-11-13-8-9-17(24-13)14-5-4-6-15(19)18(14)20/h2-11H,1H3/b22-11-,23-12-. The van der Waals surface area contributed by atoms with Gasteiger partial charge in [-0.2, -0.15) is 10.2 Å². The first-order valence-electron chi connectivity index (χ1n) is 7.18. The Labute approximate surface area is 149 Å². The SMILES string of the molecule is C/C(=N/N=C\c1ccc(-c2cccc(Cl)c2Cl)o1)c1ccccn1. The minimum absolute atomic E-state index is 0.459. The molecule has 1 aromatic carbocycles. The largest absolute Gasteiger partial charge is 0.455 e. The average Bonchev–Trinajstić information content (AvgIpc) is 3.06. The lowest BCUT2D eigenvalue weighted by Crippen LogP contribution is -1.96. The summed E-state index contributed by atoms with van der Waals surface area (Å²) in [4.78, 5) is 4.21. The lowest BCUT2D eigenvalue weighted by Gasteiger charge is -2.01. The fourth-order valence-corrected chi connectivity index (χ4v) is 2.46. The lowest BCUT2D eigenvalue weighted by molar-refractivity contribution is 0.575. The molecule has 24 heavy (non-hydrogen) atoms. The summed E-state index contributed by atoms with van der Waals surface area (Å²) in [5.41, 5.74) is 2.23. The maximum absolute atomic E-state index is 6.20. The number of hydrogen-bond donors (Lipinski definition) is 0. The highest BCUT2D eigenvalue weighted by Crippen LogP contribution is 2.34. The topological polar surface area (TPSA) is 50.8 Å². The summed E-state index contributed by atoms with van der Waals surface area (Å²) in [6.07, 6.45) is 3.25. The quantitative estimate of drug-likeness (QED) is 0.457. The summed E-state index contributed by atoms with van der Waals surface area (Å²) >= 11 is 12.2. The van der Waals surface area contributed by atoms with Crippen molar-refractivity contribution in [3.05, 3.63) is 76.2 Å². The Hall–Kier alpha value is -2.43. The first kappa shape index (κ1) is 16.4. The van der Waals surface area contributed by atoms with Crippen molar-refractivity contribution in [2.45, 2.75) is 6.92 Å². The molecule has 0 aliphatic heterocycles. The molecule has 0 radical (unpaired) electrons. The smallest absolute Gasteiger partial charge is 0.147 e. The molecule has 4 nitrogen and oxygen atoms in total. The first-order valence-corrected chi connectivity index (χ1v) is 7.94. The van der Waals surface area contributed by atoms with Crippen LogP contribution < -0.4 is 0 Å². The van der Waals surface area contributed by atoms with E-state index < -0.39 is 0 Å². The van der Waals surface area contributed by atoms with Gasteiger partial charge in [-0.1, -0.05) is 35.3 Å². The molecule has 0 bridgehead atoms. The Morgan fingerprint density at radius 3 is 2.75 bits per heavy atom. The van der Waals surface area contributed by atoms with E-state index in [2.05, 4.69) is 15.2 Å². The molecule has 0 unspecified atom stereocenters. The second-order valence-corrected chi connectivity index (χ2v) is 5.73. The molecule has 6 heteroatoms. The maximum Gasteiger partial charge on any atom is 0.147 e. The fourth-order valence-electron chi connectivity index (χ4n) is 2.06. The molecule has 0 saturated heterocycles. The molecule has 0 saturated carbocycles. The molecule has 0 spiro atoms. The fraction of sp³-hybridized carbons (Fsp3) is 0.0556. The summed E-state index contributed by atoms with van der Waals surface area (Å²) < 4.78 is 5.72. The number of rotatable bonds is 4. The molecule has 3 rings (SSSR count). The molecule has 120 valence electrons. The zero-order valence-electron chi connectivity index (χ0n) is 12.8. The number of pyridine rings is 1. The highest BCUT2D eigenvalue weighted by molar-refractivity contribution is 6.43. The molecule has 0 aliphatic carbocycles. The third-order valence-electron chi connectivity index (χ3n) is 3.27. The van der Waals surface area contributed by atoms with Crippen LogP contribution >= 0.6 is 23.2 Å². The van der Waals surface area contributed by atoms with Crippen LogP contribution in [-0.2, 0) is 0 Å². The minimum atomic E-state index is 0.459. The van der Waals surface area contributed by atoms with Gasteiger partial charge in [-0.05, 0) is 43.3 Å². The second-order valence-electron chi connectivity index (χ2n) is 4.95. The van der Waals surface area contributed by atoms with Gasteiger partial charge in [0, 0.05) is 11.8 Å². The molecule has 2 heterocycles. The monoisotopic (exact) mass is 357 g/mol. The Morgan fingerprint density at radius 2 is 1.96 bits per heavy atom. The molecule has 2 aromatic heterocycles. The van der Waals surface area contributed by atoms with Crippen molar-refractivity contribution in [1.82, 2.24) is 4.98 Å². The van der Waals surface area contributed by atoms with Gasteiger partial charge in [0.15, 0.2) is 0 Å². The van der Waals surface area contributed by atoms with E-state index >= 15 is 0 Å². The van der Waals surface area contributed by atoms with Crippen LogP contribution in [0.5, 0.6) is 0 Å². The van der Waals surface area contributed by atoms with E-state index in [4.69, 9.17) is 27.6 Å². The van der Waals surface area contributed by atoms with Crippen molar-refractivity contribution in [2.24, 2.45) is 10.2 Å². The lowest BCUT2D eigenvalue weighted by atomic mass is 10.2. The first-order chi connectivity index (χ1) is 11.6. The molecule has 0 N–H and O–H groups in total. The van der Waals surface area contributed by atoms with Crippen molar-refractivity contribution in [3.8, 4) is 11.3 Å². The van der Waals surface area contributed by atoms with Crippen molar-refractivity contribution < 1.29 is 4.42 Å². The number of nitrogens with zero attached hydrogens (tertiary/aromatic N) is 3. The molecular weight excluding hydrogens is 345 g/mol. The molecule has 0 atom stereocenters. The van der Waals surface area contributed by atoms with Crippen LogP contribution in [0.2, 0.25) is 10.0 Å². The van der Waals surface area contributed by atoms with Gasteiger partial charge in [-0.3, -0.25) is 4.98 Å². The molecule has 0 aliphatic rings. The van der Waals surface area contributed by atoms with Gasteiger partial charge in [0.25, 0.3) is 0 Å². The predicted molar refractivity (Wildman–Crippen MR) is 98.2 cm³/mol. The minimum Gasteiger partial charge on any atom is -0.455 e. The van der Waals surface area contributed by atoms with E-state index in [1.165, 1.54) is 6.21 Å². The molecular formula is C18H13Cl2N3O. The van der Waals surface area contributed by atoms with Gasteiger partial charge in [-0.25, -0.2) is 0 Å². The van der Waals surface area contributed by atoms with Crippen LogP contribution in [0.1, 0.15) is 18.4 Å². The van der Waals surface area contributed by atoms with E-state index in [1.54, 1.807) is 18.3 Å². The molecule has 0 amide bonds.